The van der Waals surface area contributed by atoms with Crippen molar-refractivity contribution in [1.82, 2.24) is 10.2 Å². The van der Waals surface area contributed by atoms with Crippen LogP contribution < -0.4 is 10.1 Å². The first-order valence-electron chi connectivity index (χ1n) is 12.3. The van der Waals surface area contributed by atoms with E-state index in [2.05, 4.69) is 10.2 Å². The summed E-state index contributed by atoms with van der Waals surface area (Å²) in [5.41, 5.74) is 0.837. The molecule has 1 aliphatic heterocycles. The summed E-state index contributed by atoms with van der Waals surface area (Å²) in [4.78, 5) is 28.3. The predicted molar refractivity (Wildman–Crippen MR) is 141 cm³/mol. The summed E-state index contributed by atoms with van der Waals surface area (Å²) < 4.78 is 5.80. The van der Waals surface area contributed by atoms with E-state index in [0.29, 0.717) is 27.9 Å². The van der Waals surface area contributed by atoms with Crippen LogP contribution in [0.25, 0.3) is 10.8 Å². The normalized spacial score (nSPS) is 17.6. The number of carbonyl (C=O) groups excluding carboxylic acids is 2. The minimum Gasteiger partial charge on any atom is -0.489 e. The van der Waals surface area contributed by atoms with Gasteiger partial charge >= 0.3 is 0 Å². The Balaban J connectivity index is 1.34. The standard InChI is InChI=1S/C28H28Cl2N2O4/c29-21-7-5-17-13-19(4-3-18(17)14-21)27(34)28(35)31-24(16-32-11-1-2-12-32)26(33)20-6-10-25(23(30)15-20)36-22-8-9-22/h3-7,10,13-15,22,24,26,33H,1-2,8-9,11-12,16H2,(H,31,35)/t24-,26-/m1/s1. The van der Waals surface area contributed by atoms with E-state index in [1.165, 1.54) is 0 Å². The Hall–Kier alpha value is -2.64. The van der Waals surface area contributed by atoms with Gasteiger partial charge in [-0.1, -0.05) is 47.5 Å². The monoisotopic (exact) mass is 526 g/mol. The maximum Gasteiger partial charge on any atom is 0.292 e. The van der Waals surface area contributed by atoms with E-state index in [4.69, 9.17) is 27.9 Å². The third-order valence-electron chi connectivity index (χ3n) is 6.74. The number of halogens is 2. The molecular formula is C28H28Cl2N2O4. The van der Waals surface area contributed by atoms with Crippen LogP contribution in [-0.4, -0.2) is 53.5 Å². The van der Waals surface area contributed by atoms with Crippen LogP contribution in [0.5, 0.6) is 5.75 Å². The number of nitrogens with zero attached hydrogens (tertiary/aromatic N) is 1. The molecule has 0 bridgehead atoms. The van der Waals surface area contributed by atoms with Gasteiger partial charge in [-0.25, -0.2) is 0 Å². The van der Waals surface area contributed by atoms with Crippen molar-refractivity contribution in [2.75, 3.05) is 19.6 Å². The van der Waals surface area contributed by atoms with Gasteiger partial charge in [-0.15, -0.1) is 0 Å². The number of fused-ring (bicyclic) bond motifs is 1. The number of aliphatic hydroxyl groups excluding tert-OH is 1. The fourth-order valence-electron chi connectivity index (χ4n) is 4.59. The Labute approximate surface area is 220 Å². The lowest BCUT2D eigenvalue weighted by atomic mass is 10.00. The quantitative estimate of drug-likeness (QED) is 0.296. The fourth-order valence-corrected chi connectivity index (χ4v) is 5.00. The third-order valence-corrected chi connectivity index (χ3v) is 7.27. The number of Topliss-reactive ketones (excluding diaryl/α,β-unsaturated/α-hetero) is 1. The van der Waals surface area contributed by atoms with Crippen molar-refractivity contribution in [2.24, 2.45) is 0 Å². The first-order valence-corrected chi connectivity index (χ1v) is 13.0. The molecule has 0 unspecified atom stereocenters. The van der Waals surface area contributed by atoms with Gasteiger partial charge in [0.05, 0.1) is 17.2 Å². The number of carbonyl (C=O) groups is 2. The van der Waals surface area contributed by atoms with E-state index in [9.17, 15) is 14.7 Å². The largest absolute Gasteiger partial charge is 0.489 e. The van der Waals surface area contributed by atoms with Crippen molar-refractivity contribution in [3.8, 4) is 5.75 Å². The van der Waals surface area contributed by atoms with Crippen molar-refractivity contribution in [3.05, 3.63) is 75.8 Å². The van der Waals surface area contributed by atoms with Gasteiger partial charge in [0.2, 0.25) is 5.78 Å². The van der Waals surface area contributed by atoms with E-state index in [0.717, 1.165) is 49.5 Å². The molecule has 5 rings (SSSR count). The highest BCUT2D eigenvalue weighted by atomic mass is 35.5. The molecule has 2 aliphatic rings. The van der Waals surface area contributed by atoms with Crippen molar-refractivity contribution in [3.63, 3.8) is 0 Å². The molecule has 1 heterocycles. The molecular weight excluding hydrogens is 499 g/mol. The summed E-state index contributed by atoms with van der Waals surface area (Å²) in [5, 5.41) is 16.8. The second-order valence-corrected chi connectivity index (χ2v) is 10.4. The maximum atomic E-state index is 13.0. The lowest BCUT2D eigenvalue weighted by Gasteiger charge is -2.28. The van der Waals surface area contributed by atoms with Gasteiger partial charge < -0.3 is 20.1 Å². The molecule has 0 aromatic heterocycles. The zero-order valence-electron chi connectivity index (χ0n) is 19.8. The molecule has 1 saturated carbocycles. The number of benzene rings is 3. The molecule has 6 nitrogen and oxygen atoms in total. The third kappa shape index (κ3) is 5.84. The van der Waals surface area contributed by atoms with Crippen molar-refractivity contribution in [2.45, 2.75) is 43.9 Å². The van der Waals surface area contributed by atoms with Gasteiger partial charge in [0.25, 0.3) is 5.91 Å². The molecule has 1 saturated heterocycles. The maximum absolute atomic E-state index is 13.0. The lowest BCUT2D eigenvalue weighted by molar-refractivity contribution is -0.118. The van der Waals surface area contributed by atoms with Gasteiger partial charge in [0, 0.05) is 17.1 Å². The minimum absolute atomic E-state index is 0.207. The van der Waals surface area contributed by atoms with Crippen molar-refractivity contribution < 1.29 is 19.4 Å². The first-order chi connectivity index (χ1) is 17.4. The summed E-state index contributed by atoms with van der Waals surface area (Å²) in [7, 11) is 0. The van der Waals surface area contributed by atoms with Crippen LogP contribution in [0, 0.1) is 0 Å². The molecule has 0 radical (unpaired) electrons. The van der Waals surface area contributed by atoms with Gasteiger partial charge in [-0.05, 0) is 85.4 Å². The molecule has 3 aromatic rings. The number of likely N-dealkylation sites (tertiary alicyclic amines) is 1. The Morgan fingerprint density at radius 1 is 1.00 bits per heavy atom. The molecule has 188 valence electrons. The van der Waals surface area contributed by atoms with Crippen LogP contribution in [0.15, 0.2) is 54.6 Å². The van der Waals surface area contributed by atoms with E-state index in [-0.39, 0.29) is 11.7 Å². The molecule has 1 amide bonds. The number of ketones is 1. The first kappa shape index (κ1) is 25.0. The smallest absolute Gasteiger partial charge is 0.292 e. The zero-order valence-corrected chi connectivity index (χ0v) is 21.3. The highest BCUT2D eigenvalue weighted by molar-refractivity contribution is 6.43. The fraction of sp³-hybridized carbons (Fsp3) is 0.357. The SMILES string of the molecule is O=C(N[C@H](CN1CCCC1)[C@H](O)c1ccc(OC2CC2)c(Cl)c1)C(=O)c1ccc2cc(Cl)ccc2c1. The molecule has 1 aliphatic carbocycles. The number of hydrogen-bond acceptors (Lipinski definition) is 5. The number of rotatable bonds is 9. The minimum atomic E-state index is -1.05. The van der Waals surface area contributed by atoms with Crippen LogP contribution in [0.4, 0.5) is 0 Å². The highest BCUT2D eigenvalue weighted by Gasteiger charge is 2.30. The summed E-state index contributed by atoms with van der Waals surface area (Å²) in [6, 6.07) is 14.9. The second kappa shape index (κ2) is 10.8. The Bertz CT molecular complexity index is 1290. The second-order valence-electron chi connectivity index (χ2n) is 9.57. The number of amides is 1. The Morgan fingerprint density at radius 2 is 1.72 bits per heavy atom. The average Bonchev–Trinajstić information content (AvgIpc) is 3.55. The van der Waals surface area contributed by atoms with Crippen LogP contribution in [0.1, 0.15) is 47.7 Å². The van der Waals surface area contributed by atoms with Crippen LogP contribution in [0.2, 0.25) is 10.0 Å². The van der Waals surface area contributed by atoms with Gasteiger partial charge in [-0.3, -0.25) is 9.59 Å². The van der Waals surface area contributed by atoms with E-state index in [1.807, 2.05) is 6.07 Å². The summed E-state index contributed by atoms with van der Waals surface area (Å²) in [6.45, 7) is 2.19. The Morgan fingerprint density at radius 3 is 2.44 bits per heavy atom. The molecule has 2 fully saturated rings. The van der Waals surface area contributed by atoms with Gasteiger partial charge in [-0.2, -0.15) is 0 Å². The molecule has 8 heteroatoms. The van der Waals surface area contributed by atoms with E-state index < -0.39 is 23.8 Å². The van der Waals surface area contributed by atoms with Crippen LogP contribution in [-0.2, 0) is 4.79 Å². The highest BCUT2D eigenvalue weighted by Crippen LogP contribution is 2.34. The van der Waals surface area contributed by atoms with Crippen LogP contribution in [0.3, 0.4) is 0 Å². The van der Waals surface area contributed by atoms with Crippen molar-refractivity contribution in [1.29, 1.82) is 0 Å². The number of ether oxygens (including phenoxy) is 1. The van der Waals surface area contributed by atoms with Gasteiger partial charge in [0.1, 0.15) is 11.9 Å². The molecule has 2 atom stereocenters. The van der Waals surface area contributed by atoms with Gasteiger partial charge in [0.15, 0.2) is 0 Å². The molecule has 0 spiro atoms. The predicted octanol–water partition coefficient (Wildman–Crippen LogP) is 5.18. The Kier molecular flexibility index (Phi) is 7.49. The van der Waals surface area contributed by atoms with Crippen molar-refractivity contribution >= 4 is 45.7 Å². The summed E-state index contributed by atoms with van der Waals surface area (Å²) in [5.74, 6) is -0.828. The zero-order chi connectivity index (χ0) is 25.2. The molecule has 3 aromatic carbocycles. The van der Waals surface area contributed by atoms with E-state index in [1.54, 1.807) is 48.5 Å². The molecule has 2 N–H and O–H groups in total. The van der Waals surface area contributed by atoms with Crippen LogP contribution >= 0.6 is 23.2 Å². The number of hydrogen-bond donors (Lipinski definition) is 2. The molecule has 36 heavy (non-hydrogen) atoms. The topological polar surface area (TPSA) is 78.9 Å². The summed E-state index contributed by atoms with van der Waals surface area (Å²) in [6.07, 6.45) is 3.32. The lowest BCUT2D eigenvalue weighted by Crippen LogP contribution is -2.48. The van der Waals surface area contributed by atoms with E-state index >= 15 is 0 Å². The number of aliphatic hydroxyl groups is 1. The average molecular weight is 527 g/mol. The summed E-state index contributed by atoms with van der Waals surface area (Å²) >= 11 is 12.5. The number of nitrogens with one attached hydrogen (secondary N) is 1.